The first-order chi connectivity index (χ1) is 10.3. The van der Waals surface area contributed by atoms with Gasteiger partial charge in [0.1, 0.15) is 5.75 Å². The molecule has 3 heteroatoms. The highest BCUT2D eigenvalue weighted by molar-refractivity contribution is 5.93. The molecule has 21 heavy (non-hydrogen) atoms. The molecule has 0 atom stereocenters. The molecule has 0 amide bonds. The number of rotatable bonds is 4. The van der Waals surface area contributed by atoms with Crippen molar-refractivity contribution in [1.29, 1.82) is 0 Å². The Bertz CT molecular complexity index is 554. The number of esters is 1. The summed E-state index contributed by atoms with van der Waals surface area (Å²) in [5.41, 5.74) is 3.53. The Morgan fingerprint density at radius 2 is 2.10 bits per heavy atom. The third kappa shape index (κ3) is 3.29. The molecule has 0 spiro atoms. The largest absolute Gasteiger partial charge is 0.490 e. The van der Waals surface area contributed by atoms with E-state index in [0.717, 1.165) is 24.2 Å². The smallest absolute Gasteiger partial charge is 0.331 e. The van der Waals surface area contributed by atoms with E-state index in [9.17, 15) is 4.79 Å². The molecule has 0 heterocycles. The number of hydrogen-bond donors (Lipinski definition) is 0. The van der Waals surface area contributed by atoms with E-state index in [2.05, 4.69) is 12.1 Å². The van der Waals surface area contributed by atoms with Crippen molar-refractivity contribution in [1.82, 2.24) is 0 Å². The SMILES string of the molecule is CCOC(=O)/C=C1\CCc2cc(OC3CCCC3)ccc21. The van der Waals surface area contributed by atoms with Gasteiger partial charge in [0.15, 0.2) is 0 Å². The van der Waals surface area contributed by atoms with Crippen LogP contribution in [0, 0.1) is 0 Å². The van der Waals surface area contributed by atoms with Crippen LogP contribution < -0.4 is 4.74 Å². The Morgan fingerprint density at radius 1 is 1.29 bits per heavy atom. The molecule has 0 unspecified atom stereocenters. The van der Waals surface area contributed by atoms with Gasteiger partial charge in [0.05, 0.1) is 12.7 Å². The topological polar surface area (TPSA) is 35.5 Å². The minimum absolute atomic E-state index is 0.244. The number of ether oxygens (including phenoxy) is 2. The van der Waals surface area contributed by atoms with Gasteiger partial charge >= 0.3 is 5.97 Å². The Hall–Kier alpha value is -1.77. The van der Waals surface area contributed by atoms with Gasteiger partial charge in [-0.2, -0.15) is 0 Å². The molecule has 112 valence electrons. The lowest BCUT2D eigenvalue weighted by Gasteiger charge is -2.14. The molecule has 0 aromatic heterocycles. The van der Waals surface area contributed by atoms with E-state index >= 15 is 0 Å². The molecule has 0 saturated heterocycles. The predicted octanol–water partition coefficient (Wildman–Crippen LogP) is 3.90. The quantitative estimate of drug-likeness (QED) is 0.622. The molecule has 0 radical (unpaired) electrons. The van der Waals surface area contributed by atoms with Gasteiger partial charge in [-0.3, -0.25) is 0 Å². The highest BCUT2D eigenvalue weighted by Crippen LogP contribution is 2.35. The molecule has 0 aliphatic heterocycles. The van der Waals surface area contributed by atoms with Gasteiger partial charge in [-0.15, -0.1) is 0 Å². The Labute approximate surface area is 125 Å². The number of fused-ring (bicyclic) bond motifs is 1. The molecule has 1 fully saturated rings. The Morgan fingerprint density at radius 3 is 2.86 bits per heavy atom. The minimum Gasteiger partial charge on any atom is -0.490 e. The van der Waals surface area contributed by atoms with Crippen molar-refractivity contribution in [2.24, 2.45) is 0 Å². The van der Waals surface area contributed by atoms with Crippen LogP contribution in [0.15, 0.2) is 24.3 Å². The van der Waals surface area contributed by atoms with Crippen LogP contribution in [-0.2, 0) is 16.0 Å². The van der Waals surface area contributed by atoms with Gasteiger partial charge in [-0.1, -0.05) is 6.07 Å². The van der Waals surface area contributed by atoms with Crippen molar-refractivity contribution in [3.8, 4) is 5.75 Å². The van der Waals surface area contributed by atoms with Crippen molar-refractivity contribution >= 4 is 11.5 Å². The fourth-order valence-corrected chi connectivity index (χ4v) is 3.24. The van der Waals surface area contributed by atoms with Gasteiger partial charge in [0.25, 0.3) is 0 Å². The molecule has 3 nitrogen and oxygen atoms in total. The number of carbonyl (C=O) groups excluding carboxylic acids is 1. The normalized spacial score (nSPS) is 19.8. The van der Waals surface area contributed by atoms with Crippen LogP contribution in [0.25, 0.3) is 5.57 Å². The van der Waals surface area contributed by atoms with Gasteiger partial charge in [0.2, 0.25) is 0 Å². The van der Waals surface area contributed by atoms with Crippen LogP contribution in [0.2, 0.25) is 0 Å². The van der Waals surface area contributed by atoms with Crippen molar-refractivity contribution in [3.63, 3.8) is 0 Å². The number of benzene rings is 1. The van der Waals surface area contributed by atoms with Gasteiger partial charge in [-0.25, -0.2) is 4.79 Å². The van der Waals surface area contributed by atoms with Crippen LogP contribution in [0.4, 0.5) is 0 Å². The maximum Gasteiger partial charge on any atom is 0.331 e. The van der Waals surface area contributed by atoms with Gasteiger partial charge in [-0.05, 0) is 74.3 Å². The summed E-state index contributed by atoms with van der Waals surface area (Å²) in [6, 6.07) is 6.25. The maximum atomic E-state index is 11.6. The van der Waals surface area contributed by atoms with Gasteiger partial charge in [0, 0.05) is 6.08 Å². The zero-order chi connectivity index (χ0) is 14.7. The highest BCUT2D eigenvalue weighted by atomic mass is 16.5. The second-order valence-electron chi connectivity index (χ2n) is 5.76. The average Bonchev–Trinajstić information content (AvgIpc) is 3.09. The van der Waals surface area contributed by atoms with Crippen LogP contribution in [-0.4, -0.2) is 18.7 Å². The summed E-state index contributed by atoms with van der Waals surface area (Å²) in [6.45, 7) is 2.25. The Kier molecular flexibility index (Phi) is 4.28. The fraction of sp³-hybridized carbons (Fsp3) is 0.500. The van der Waals surface area contributed by atoms with Crippen molar-refractivity contribution in [2.45, 2.75) is 51.6 Å². The first kappa shape index (κ1) is 14.2. The third-order valence-electron chi connectivity index (χ3n) is 4.27. The molecule has 0 N–H and O–H groups in total. The molecular weight excluding hydrogens is 264 g/mol. The fourth-order valence-electron chi connectivity index (χ4n) is 3.24. The van der Waals surface area contributed by atoms with Crippen LogP contribution in [0.1, 0.15) is 50.2 Å². The van der Waals surface area contributed by atoms with Crippen molar-refractivity contribution in [3.05, 3.63) is 35.4 Å². The molecular formula is C18H22O3. The lowest BCUT2D eigenvalue weighted by atomic mass is 10.1. The third-order valence-corrected chi connectivity index (χ3v) is 4.27. The van der Waals surface area contributed by atoms with E-state index in [1.54, 1.807) is 6.08 Å². The summed E-state index contributed by atoms with van der Waals surface area (Å²) in [5.74, 6) is 0.727. The molecule has 2 aliphatic rings. The summed E-state index contributed by atoms with van der Waals surface area (Å²) in [6.07, 6.45) is 8.80. The lowest BCUT2D eigenvalue weighted by Crippen LogP contribution is -2.10. The first-order valence-corrected chi connectivity index (χ1v) is 7.93. The van der Waals surface area contributed by atoms with E-state index in [1.165, 1.54) is 36.8 Å². The second kappa shape index (κ2) is 6.33. The molecule has 0 bridgehead atoms. The van der Waals surface area contributed by atoms with Crippen LogP contribution >= 0.6 is 0 Å². The number of hydrogen-bond acceptors (Lipinski definition) is 3. The van der Waals surface area contributed by atoms with Crippen molar-refractivity contribution < 1.29 is 14.3 Å². The molecule has 2 aliphatic carbocycles. The summed E-state index contributed by atoms with van der Waals surface area (Å²) in [4.78, 5) is 11.6. The molecule has 1 saturated carbocycles. The first-order valence-electron chi connectivity index (χ1n) is 7.93. The summed E-state index contributed by atoms with van der Waals surface area (Å²) >= 11 is 0. The summed E-state index contributed by atoms with van der Waals surface area (Å²) in [7, 11) is 0. The number of allylic oxidation sites excluding steroid dienone is 1. The Balaban J connectivity index is 1.73. The summed E-state index contributed by atoms with van der Waals surface area (Å²) < 4.78 is 11.0. The molecule has 3 rings (SSSR count). The van der Waals surface area contributed by atoms with E-state index in [1.807, 2.05) is 13.0 Å². The zero-order valence-electron chi connectivity index (χ0n) is 12.6. The maximum absolute atomic E-state index is 11.6. The van der Waals surface area contributed by atoms with E-state index in [0.29, 0.717) is 12.7 Å². The van der Waals surface area contributed by atoms with Crippen molar-refractivity contribution in [2.75, 3.05) is 6.61 Å². The van der Waals surface area contributed by atoms with Crippen LogP contribution in [0.3, 0.4) is 0 Å². The number of carbonyl (C=O) groups is 1. The van der Waals surface area contributed by atoms with E-state index in [-0.39, 0.29) is 5.97 Å². The van der Waals surface area contributed by atoms with E-state index in [4.69, 9.17) is 9.47 Å². The van der Waals surface area contributed by atoms with E-state index < -0.39 is 0 Å². The molecule has 1 aromatic carbocycles. The molecule has 1 aromatic rings. The summed E-state index contributed by atoms with van der Waals surface area (Å²) in [5, 5.41) is 0. The van der Waals surface area contributed by atoms with Gasteiger partial charge < -0.3 is 9.47 Å². The van der Waals surface area contributed by atoms with Crippen LogP contribution in [0.5, 0.6) is 5.75 Å². The highest BCUT2D eigenvalue weighted by Gasteiger charge is 2.20. The second-order valence-corrected chi connectivity index (χ2v) is 5.76. The monoisotopic (exact) mass is 286 g/mol. The standard InChI is InChI=1S/C18H22O3/c1-2-20-18(19)12-14-8-7-13-11-16(9-10-17(13)14)21-15-5-3-4-6-15/h9-12,15H,2-8H2,1H3/b14-12+. The zero-order valence-corrected chi connectivity index (χ0v) is 12.6. The predicted molar refractivity (Wildman–Crippen MR) is 82.3 cm³/mol. The number of aryl methyl sites for hydroxylation is 1. The average molecular weight is 286 g/mol. The lowest BCUT2D eigenvalue weighted by molar-refractivity contribution is -0.137. The minimum atomic E-state index is -0.244.